The Morgan fingerprint density at radius 1 is 1.05 bits per heavy atom. The molecule has 0 fully saturated rings. The van der Waals surface area contributed by atoms with Gasteiger partial charge >= 0.3 is 6.18 Å². The average Bonchev–Trinajstić information content (AvgIpc) is 3.41. The average molecular weight is 528 g/mol. The summed E-state index contributed by atoms with van der Waals surface area (Å²) in [5.41, 5.74) is -0.385. The third-order valence-electron chi connectivity index (χ3n) is 6.04. The lowest BCUT2D eigenvalue weighted by atomic mass is 9.94. The number of ether oxygens (including phenoxy) is 1. The van der Waals surface area contributed by atoms with Gasteiger partial charge in [0, 0.05) is 16.1 Å². The highest BCUT2D eigenvalue weighted by atomic mass is 35.5. The molecule has 0 aliphatic carbocycles. The molecule has 1 unspecified atom stereocenters. The first-order valence-corrected chi connectivity index (χ1v) is 11.3. The van der Waals surface area contributed by atoms with Crippen molar-refractivity contribution in [3.05, 3.63) is 106 Å². The molecule has 0 saturated heterocycles. The maximum atomic E-state index is 13.7. The first-order valence-electron chi connectivity index (χ1n) is 10.9. The van der Waals surface area contributed by atoms with Crippen molar-refractivity contribution in [1.82, 2.24) is 0 Å². The number of aliphatic hydroxyl groups excluding tert-OH is 1. The Morgan fingerprint density at radius 2 is 1.78 bits per heavy atom. The highest BCUT2D eigenvalue weighted by molar-refractivity contribution is 6.31. The van der Waals surface area contributed by atoms with Gasteiger partial charge in [0.15, 0.2) is 11.5 Å². The number of carbonyl (C=O) groups excluding carboxylic acids is 2. The van der Waals surface area contributed by atoms with Crippen LogP contribution in [0, 0.1) is 0 Å². The molecule has 0 bridgehead atoms. The number of furan rings is 1. The molecule has 1 atom stereocenters. The Morgan fingerprint density at radius 3 is 2.46 bits per heavy atom. The second-order valence-corrected chi connectivity index (χ2v) is 8.72. The van der Waals surface area contributed by atoms with Crippen LogP contribution in [-0.4, -0.2) is 23.9 Å². The quantitative estimate of drug-likeness (QED) is 0.286. The molecule has 6 nitrogen and oxygen atoms in total. The molecule has 1 N–H and O–H groups in total. The minimum absolute atomic E-state index is 0.0524. The summed E-state index contributed by atoms with van der Waals surface area (Å²) >= 11 is 6.03. The molecule has 188 valence electrons. The molecule has 1 aliphatic rings. The Balaban J connectivity index is 1.64. The molecular formula is C27H17ClF3NO5. The number of nitrogens with zero attached hydrogens (tertiary/aromatic N) is 1. The van der Waals surface area contributed by atoms with Crippen molar-refractivity contribution in [3.63, 3.8) is 0 Å². The molecule has 5 rings (SSSR count). The summed E-state index contributed by atoms with van der Waals surface area (Å²) in [5.74, 6) is -2.28. The van der Waals surface area contributed by atoms with Gasteiger partial charge in [-0.15, -0.1) is 0 Å². The van der Waals surface area contributed by atoms with E-state index >= 15 is 0 Å². The van der Waals surface area contributed by atoms with Crippen LogP contribution < -0.4 is 9.64 Å². The van der Waals surface area contributed by atoms with Gasteiger partial charge in [-0.1, -0.05) is 23.7 Å². The normalized spacial score (nSPS) is 16.1. The number of benzene rings is 3. The Labute approximate surface area is 213 Å². The lowest BCUT2D eigenvalue weighted by molar-refractivity contribution is -0.137. The molecule has 0 radical (unpaired) electrons. The number of ketones is 1. The number of aliphatic hydroxyl groups is 1. The van der Waals surface area contributed by atoms with Crippen molar-refractivity contribution in [1.29, 1.82) is 0 Å². The van der Waals surface area contributed by atoms with E-state index in [1.807, 2.05) is 0 Å². The summed E-state index contributed by atoms with van der Waals surface area (Å²) < 4.78 is 50.3. The van der Waals surface area contributed by atoms with Crippen molar-refractivity contribution < 1.29 is 37.0 Å². The summed E-state index contributed by atoms with van der Waals surface area (Å²) in [6, 6.07) is 15.4. The summed E-state index contributed by atoms with van der Waals surface area (Å²) in [7, 11) is 1.44. The Bertz CT molecular complexity index is 1570. The minimum Gasteiger partial charge on any atom is -0.503 e. The van der Waals surface area contributed by atoms with Crippen LogP contribution in [0.3, 0.4) is 0 Å². The van der Waals surface area contributed by atoms with E-state index in [1.54, 1.807) is 42.5 Å². The predicted octanol–water partition coefficient (Wildman–Crippen LogP) is 6.90. The molecule has 1 amide bonds. The lowest BCUT2D eigenvalue weighted by Crippen LogP contribution is -2.31. The van der Waals surface area contributed by atoms with Gasteiger partial charge in [0.25, 0.3) is 5.91 Å². The van der Waals surface area contributed by atoms with Gasteiger partial charge in [0.1, 0.15) is 11.3 Å². The van der Waals surface area contributed by atoms with Crippen LogP contribution in [0.15, 0.2) is 88.5 Å². The van der Waals surface area contributed by atoms with E-state index in [-0.39, 0.29) is 17.0 Å². The van der Waals surface area contributed by atoms with E-state index in [0.29, 0.717) is 27.3 Å². The number of Topliss-reactive ketones (excluding diaryl/α,β-unsaturated/α-hetero) is 1. The van der Waals surface area contributed by atoms with Crippen molar-refractivity contribution in [2.75, 3.05) is 12.0 Å². The van der Waals surface area contributed by atoms with Crippen LogP contribution in [-0.2, 0) is 11.0 Å². The van der Waals surface area contributed by atoms with Gasteiger partial charge in [0.05, 0.1) is 24.3 Å². The second kappa shape index (κ2) is 9.01. The monoisotopic (exact) mass is 527 g/mol. The number of hydrogen-bond acceptors (Lipinski definition) is 5. The smallest absolute Gasteiger partial charge is 0.416 e. The van der Waals surface area contributed by atoms with E-state index in [4.69, 9.17) is 20.8 Å². The van der Waals surface area contributed by atoms with Crippen molar-refractivity contribution in [2.45, 2.75) is 12.2 Å². The maximum Gasteiger partial charge on any atom is 0.416 e. The molecule has 10 heteroatoms. The van der Waals surface area contributed by atoms with E-state index in [1.165, 1.54) is 13.2 Å². The number of methoxy groups -OCH3 is 1. The van der Waals surface area contributed by atoms with Gasteiger partial charge in [-0.05, 0) is 66.2 Å². The third kappa shape index (κ3) is 4.31. The SMILES string of the molecule is COc1cccc(C2C(C(=O)c3cc4cc(Cl)ccc4o3)=C(O)C(=O)N2c2ccc(C(F)(F)F)cc2)c1. The molecule has 4 aromatic rings. The zero-order chi connectivity index (χ0) is 26.5. The Hall–Kier alpha value is -4.24. The van der Waals surface area contributed by atoms with Crippen LogP contribution in [0.1, 0.15) is 27.7 Å². The number of rotatable bonds is 5. The molecule has 3 aromatic carbocycles. The fraction of sp³-hybridized carbons (Fsp3) is 0.111. The van der Waals surface area contributed by atoms with E-state index < -0.39 is 35.2 Å². The number of hydrogen-bond donors (Lipinski definition) is 1. The molecule has 1 aliphatic heterocycles. The topological polar surface area (TPSA) is 80.0 Å². The number of halogens is 4. The number of anilines is 1. The maximum absolute atomic E-state index is 13.7. The van der Waals surface area contributed by atoms with Crippen LogP contribution >= 0.6 is 11.6 Å². The van der Waals surface area contributed by atoms with Gasteiger partial charge < -0.3 is 14.3 Å². The minimum atomic E-state index is -4.58. The third-order valence-corrected chi connectivity index (χ3v) is 6.27. The zero-order valence-corrected chi connectivity index (χ0v) is 19.8. The van der Waals surface area contributed by atoms with Gasteiger partial charge in [-0.2, -0.15) is 13.2 Å². The predicted molar refractivity (Wildman–Crippen MR) is 130 cm³/mol. The van der Waals surface area contributed by atoms with Crippen LogP contribution in [0.2, 0.25) is 5.02 Å². The lowest BCUT2D eigenvalue weighted by Gasteiger charge is -2.27. The molecular weight excluding hydrogens is 511 g/mol. The Kier molecular flexibility index (Phi) is 5.95. The number of alkyl halides is 3. The van der Waals surface area contributed by atoms with Crippen LogP contribution in [0.25, 0.3) is 11.0 Å². The van der Waals surface area contributed by atoms with Crippen LogP contribution in [0.5, 0.6) is 5.75 Å². The first kappa shape index (κ1) is 24.5. The van der Waals surface area contributed by atoms with Crippen molar-refractivity contribution >= 4 is 39.9 Å². The summed E-state index contributed by atoms with van der Waals surface area (Å²) in [5, 5.41) is 11.8. The van der Waals surface area contributed by atoms with Gasteiger partial charge in [0.2, 0.25) is 5.78 Å². The molecule has 37 heavy (non-hydrogen) atoms. The van der Waals surface area contributed by atoms with E-state index in [2.05, 4.69) is 0 Å². The number of carbonyl (C=O) groups is 2. The molecule has 0 spiro atoms. The zero-order valence-electron chi connectivity index (χ0n) is 19.0. The van der Waals surface area contributed by atoms with Gasteiger partial charge in [-0.25, -0.2) is 0 Å². The largest absolute Gasteiger partial charge is 0.503 e. The highest BCUT2D eigenvalue weighted by Gasteiger charge is 2.45. The molecule has 0 saturated carbocycles. The van der Waals surface area contributed by atoms with E-state index in [0.717, 1.165) is 29.2 Å². The highest BCUT2D eigenvalue weighted by Crippen LogP contribution is 2.43. The van der Waals surface area contributed by atoms with Crippen molar-refractivity contribution in [2.24, 2.45) is 0 Å². The van der Waals surface area contributed by atoms with Crippen molar-refractivity contribution in [3.8, 4) is 5.75 Å². The second-order valence-electron chi connectivity index (χ2n) is 8.28. The standard InChI is InChI=1S/C27H17ClF3NO5/c1-36-19-4-2-3-14(12-19)23-22(24(33)21-13-15-11-17(28)7-10-20(15)37-21)25(34)26(35)32(23)18-8-5-16(6-9-18)27(29,30)31/h2-13,23,34H,1H3. The van der Waals surface area contributed by atoms with E-state index in [9.17, 15) is 27.9 Å². The summed E-state index contributed by atoms with van der Waals surface area (Å²) in [6.45, 7) is 0. The number of fused-ring (bicyclic) bond motifs is 1. The molecule has 2 heterocycles. The number of amides is 1. The fourth-order valence-electron chi connectivity index (χ4n) is 4.30. The summed E-state index contributed by atoms with van der Waals surface area (Å²) in [6.07, 6.45) is -4.58. The first-order chi connectivity index (χ1) is 17.6. The molecule has 1 aromatic heterocycles. The summed E-state index contributed by atoms with van der Waals surface area (Å²) in [4.78, 5) is 28.0. The van der Waals surface area contributed by atoms with Gasteiger partial charge in [-0.3, -0.25) is 14.5 Å². The fourth-order valence-corrected chi connectivity index (χ4v) is 4.48. The van der Waals surface area contributed by atoms with Crippen LogP contribution in [0.4, 0.5) is 18.9 Å².